The van der Waals surface area contributed by atoms with Gasteiger partial charge >= 0.3 is 0 Å². The molecule has 0 unspecified atom stereocenters. The van der Waals surface area contributed by atoms with Crippen LogP contribution in [0.4, 0.5) is 10.7 Å². The average molecular weight is 294 g/mol. The van der Waals surface area contributed by atoms with Crippen LogP contribution in [0, 0.1) is 17.2 Å². The molecule has 0 aliphatic heterocycles. The molecule has 0 radical (unpaired) electrons. The van der Waals surface area contributed by atoms with E-state index in [-0.39, 0.29) is 11.7 Å². The zero-order valence-electron chi connectivity index (χ0n) is 12.7. The maximum Gasteiger partial charge on any atom is 0.177 e. The topological polar surface area (TPSA) is 73.4 Å². The normalized spacial score (nSPS) is 10.9. The molecule has 0 saturated carbocycles. The monoisotopic (exact) mass is 294 g/mol. The fourth-order valence-corrected chi connectivity index (χ4v) is 2.95. The summed E-state index contributed by atoms with van der Waals surface area (Å²) < 4.78 is 0. The van der Waals surface area contributed by atoms with E-state index in [2.05, 4.69) is 11.0 Å². The predicted molar refractivity (Wildman–Crippen MR) is 84.4 cm³/mol. The first-order valence-corrected chi connectivity index (χ1v) is 7.33. The summed E-state index contributed by atoms with van der Waals surface area (Å²) in [6, 6.07) is 2.12. The van der Waals surface area contributed by atoms with Crippen molar-refractivity contribution in [3.63, 3.8) is 0 Å². The molecule has 0 aromatic carbocycles. The van der Waals surface area contributed by atoms with Gasteiger partial charge < -0.3 is 15.5 Å². The first-order chi connectivity index (χ1) is 9.29. The fourth-order valence-electron chi connectivity index (χ4n) is 1.71. The van der Waals surface area contributed by atoms with Crippen LogP contribution in [-0.2, 0) is 0 Å². The number of likely N-dealkylation sites (N-methyl/N-ethyl adjacent to an activating group) is 2. The van der Waals surface area contributed by atoms with Gasteiger partial charge in [-0.2, -0.15) is 5.26 Å². The molecule has 20 heavy (non-hydrogen) atoms. The Morgan fingerprint density at radius 3 is 2.40 bits per heavy atom. The number of Topliss-reactive ketones (excluding diaryl/α,β-unsaturated/α-hetero) is 1. The fraction of sp³-hybridized carbons (Fsp3) is 0.571. The van der Waals surface area contributed by atoms with Crippen molar-refractivity contribution in [2.75, 3.05) is 44.9 Å². The molecule has 0 amide bonds. The highest BCUT2D eigenvalue weighted by Crippen LogP contribution is 2.38. The third kappa shape index (κ3) is 3.50. The summed E-state index contributed by atoms with van der Waals surface area (Å²) in [6.07, 6.45) is 0. The van der Waals surface area contributed by atoms with E-state index in [1.54, 1.807) is 0 Å². The van der Waals surface area contributed by atoms with Crippen LogP contribution in [0.2, 0.25) is 0 Å². The number of carbonyl (C=O) groups is 1. The van der Waals surface area contributed by atoms with Crippen molar-refractivity contribution in [3.8, 4) is 6.07 Å². The molecule has 6 heteroatoms. The Morgan fingerprint density at radius 2 is 1.95 bits per heavy atom. The number of nitrogens with zero attached hydrogens (tertiary/aromatic N) is 3. The molecule has 0 fully saturated rings. The van der Waals surface area contributed by atoms with Crippen LogP contribution in [-0.4, -0.2) is 44.9 Å². The van der Waals surface area contributed by atoms with Crippen molar-refractivity contribution >= 4 is 27.8 Å². The third-order valence-electron chi connectivity index (χ3n) is 3.02. The lowest BCUT2D eigenvalue weighted by Crippen LogP contribution is -2.28. The van der Waals surface area contributed by atoms with E-state index in [0.29, 0.717) is 16.1 Å². The second-order valence-corrected chi connectivity index (χ2v) is 6.38. The smallest absolute Gasteiger partial charge is 0.177 e. The summed E-state index contributed by atoms with van der Waals surface area (Å²) in [5.41, 5.74) is 6.72. The number of carbonyl (C=O) groups excluding carboxylic acids is 1. The van der Waals surface area contributed by atoms with E-state index < -0.39 is 0 Å². The standard InChI is InChI=1S/C14H22N4OS/c1-9(2)12(19)13-11(16)10(8-15)14(20-13)18(5)7-6-17(3)4/h9H,6-7,16H2,1-5H3. The molecule has 0 atom stereocenters. The van der Waals surface area contributed by atoms with Gasteiger partial charge in [0.15, 0.2) is 5.78 Å². The Bertz CT molecular complexity index is 528. The van der Waals surface area contributed by atoms with Gasteiger partial charge in [-0.05, 0) is 14.1 Å². The van der Waals surface area contributed by atoms with Crippen molar-refractivity contribution in [2.24, 2.45) is 5.92 Å². The minimum absolute atomic E-state index is 0.00346. The van der Waals surface area contributed by atoms with Gasteiger partial charge in [0.1, 0.15) is 16.6 Å². The number of hydrogen-bond donors (Lipinski definition) is 1. The van der Waals surface area contributed by atoms with Crippen molar-refractivity contribution in [2.45, 2.75) is 13.8 Å². The van der Waals surface area contributed by atoms with E-state index in [4.69, 9.17) is 5.73 Å². The second-order valence-electron chi connectivity index (χ2n) is 5.38. The number of hydrogen-bond acceptors (Lipinski definition) is 6. The van der Waals surface area contributed by atoms with Crippen LogP contribution < -0.4 is 10.6 Å². The number of rotatable bonds is 6. The Kier molecular flexibility index (Phi) is 5.54. The number of anilines is 2. The SMILES string of the molecule is CC(C)C(=O)c1sc(N(C)CCN(C)C)c(C#N)c1N. The molecule has 0 aliphatic carbocycles. The van der Waals surface area contributed by atoms with Crippen molar-refractivity contribution in [1.82, 2.24) is 4.90 Å². The van der Waals surface area contributed by atoms with Crippen LogP contribution in [0.5, 0.6) is 0 Å². The molecule has 0 aliphatic rings. The minimum atomic E-state index is -0.123. The van der Waals surface area contributed by atoms with E-state index in [1.807, 2.05) is 39.9 Å². The van der Waals surface area contributed by atoms with Gasteiger partial charge in [-0.3, -0.25) is 4.79 Å². The molecule has 1 rings (SSSR count). The molecule has 0 saturated heterocycles. The Hall–Kier alpha value is -1.58. The number of nitrogens with two attached hydrogens (primary N) is 1. The van der Waals surface area contributed by atoms with Crippen LogP contribution in [0.1, 0.15) is 29.1 Å². The third-order valence-corrected chi connectivity index (χ3v) is 4.35. The molecule has 0 spiro atoms. The molecule has 1 aromatic heterocycles. The molecule has 110 valence electrons. The number of nitrogen functional groups attached to an aromatic ring is 1. The number of nitriles is 1. The quantitative estimate of drug-likeness (QED) is 0.813. The van der Waals surface area contributed by atoms with Gasteiger partial charge in [0.25, 0.3) is 0 Å². The van der Waals surface area contributed by atoms with Gasteiger partial charge in [0.2, 0.25) is 0 Å². The summed E-state index contributed by atoms with van der Waals surface area (Å²) in [4.78, 5) is 16.7. The summed E-state index contributed by atoms with van der Waals surface area (Å²) in [5.74, 6) is -0.126. The summed E-state index contributed by atoms with van der Waals surface area (Å²) in [5, 5.41) is 10.1. The molecular weight excluding hydrogens is 272 g/mol. The maximum atomic E-state index is 12.1. The number of thiophene rings is 1. The Balaban J connectivity index is 3.12. The highest BCUT2D eigenvalue weighted by Gasteiger charge is 2.24. The van der Waals surface area contributed by atoms with Crippen molar-refractivity contribution in [1.29, 1.82) is 5.26 Å². The van der Waals surface area contributed by atoms with E-state index >= 15 is 0 Å². The Labute approximate surface area is 124 Å². The van der Waals surface area contributed by atoms with Gasteiger partial charge in [0.05, 0.1) is 10.6 Å². The maximum absolute atomic E-state index is 12.1. The first kappa shape index (κ1) is 16.5. The molecule has 0 bridgehead atoms. The van der Waals surface area contributed by atoms with Crippen LogP contribution in [0.25, 0.3) is 0 Å². The predicted octanol–water partition coefficient (Wildman–Crippen LogP) is 2.04. The summed E-state index contributed by atoms with van der Waals surface area (Å²) >= 11 is 1.32. The lowest BCUT2D eigenvalue weighted by atomic mass is 10.1. The summed E-state index contributed by atoms with van der Waals surface area (Å²) in [7, 11) is 5.91. The van der Waals surface area contributed by atoms with Gasteiger partial charge in [-0.25, -0.2) is 0 Å². The lowest BCUT2D eigenvalue weighted by molar-refractivity contribution is 0.0944. The summed E-state index contributed by atoms with van der Waals surface area (Å²) in [6.45, 7) is 5.31. The Morgan fingerprint density at radius 1 is 1.35 bits per heavy atom. The average Bonchev–Trinajstić information content (AvgIpc) is 2.71. The van der Waals surface area contributed by atoms with Crippen LogP contribution in [0.15, 0.2) is 0 Å². The van der Waals surface area contributed by atoms with Gasteiger partial charge in [-0.1, -0.05) is 13.8 Å². The molecule has 1 heterocycles. The highest BCUT2D eigenvalue weighted by atomic mass is 32.1. The van der Waals surface area contributed by atoms with Crippen molar-refractivity contribution in [3.05, 3.63) is 10.4 Å². The van der Waals surface area contributed by atoms with Crippen molar-refractivity contribution < 1.29 is 4.79 Å². The molecule has 5 nitrogen and oxygen atoms in total. The number of ketones is 1. The van der Waals surface area contributed by atoms with Gasteiger partial charge in [-0.15, -0.1) is 11.3 Å². The van der Waals surface area contributed by atoms with E-state index in [9.17, 15) is 10.1 Å². The minimum Gasteiger partial charge on any atom is -0.396 e. The van der Waals surface area contributed by atoms with E-state index in [1.165, 1.54) is 11.3 Å². The zero-order chi connectivity index (χ0) is 15.4. The lowest BCUT2D eigenvalue weighted by Gasteiger charge is -2.20. The van der Waals surface area contributed by atoms with Crippen LogP contribution in [0.3, 0.4) is 0 Å². The van der Waals surface area contributed by atoms with Crippen LogP contribution >= 0.6 is 11.3 Å². The largest absolute Gasteiger partial charge is 0.396 e. The zero-order valence-corrected chi connectivity index (χ0v) is 13.5. The molecular formula is C14H22N4OS. The van der Waals surface area contributed by atoms with E-state index in [0.717, 1.165) is 18.1 Å². The first-order valence-electron chi connectivity index (χ1n) is 6.52. The van der Waals surface area contributed by atoms with Gasteiger partial charge in [0, 0.05) is 26.1 Å². The second kappa shape index (κ2) is 6.73. The molecule has 2 N–H and O–H groups in total. The highest BCUT2D eigenvalue weighted by molar-refractivity contribution is 7.19. The molecule has 1 aromatic rings.